The van der Waals surface area contributed by atoms with E-state index >= 15 is 0 Å². The Morgan fingerprint density at radius 1 is 1.04 bits per heavy atom. The molecule has 0 bridgehead atoms. The number of anilines is 1. The lowest BCUT2D eigenvalue weighted by atomic mass is 9.87. The van der Waals surface area contributed by atoms with Crippen molar-refractivity contribution in [2.45, 2.75) is 70.2 Å². The molecule has 0 spiro atoms. The van der Waals surface area contributed by atoms with E-state index in [2.05, 4.69) is 43.5 Å². The molecule has 0 aliphatic carbocycles. The van der Waals surface area contributed by atoms with Gasteiger partial charge in [0, 0.05) is 44.4 Å². The number of amides is 2. The fourth-order valence-corrected chi connectivity index (χ4v) is 7.40. The maximum atomic E-state index is 12.5. The second-order valence-electron chi connectivity index (χ2n) is 12.1. The maximum absolute atomic E-state index is 12.5. The number of fused-ring (bicyclic) bond motifs is 1. The van der Waals surface area contributed by atoms with Crippen LogP contribution in [0.3, 0.4) is 0 Å². The van der Waals surface area contributed by atoms with E-state index in [0.717, 1.165) is 17.2 Å². The number of rotatable bonds is 22. The number of nitrogens with two attached hydrogens (primary N) is 1. The third kappa shape index (κ3) is 13.5. The third-order valence-electron chi connectivity index (χ3n) is 7.39. The molecule has 1 saturated heterocycles. The van der Waals surface area contributed by atoms with Gasteiger partial charge in [0.05, 0.1) is 27.4 Å². The SMILES string of the molecule is CC(C)(COP(=O)([O-])OP(=O)([O-])OCC1OC(n2cnc3c(N)ncnc32)C(O)C1OP(=O)([O-])[O-])C(O)C(=O)NCCC(=O)NCCC(=O)CCCO. The van der Waals surface area contributed by atoms with Gasteiger partial charge in [-0.1, -0.05) is 13.8 Å². The number of carbonyl (C=O) groups is 3. The topological polar surface area (TPSA) is 395 Å². The molecule has 0 saturated carbocycles. The molecule has 300 valence electrons. The van der Waals surface area contributed by atoms with Gasteiger partial charge in [-0.2, -0.15) is 0 Å². The molecular weight excluding hydrogens is 779 g/mol. The highest BCUT2D eigenvalue weighted by Crippen LogP contribution is 2.56. The second-order valence-corrected chi connectivity index (χ2v) is 16.2. The van der Waals surface area contributed by atoms with E-state index in [4.69, 9.17) is 15.6 Å². The van der Waals surface area contributed by atoms with E-state index in [-0.39, 0.29) is 61.7 Å². The summed E-state index contributed by atoms with van der Waals surface area (Å²) in [5, 5.41) is 34.7. The van der Waals surface area contributed by atoms with Gasteiger partial charge in [0.1, 0.15) is 42.0 Å². The summed E-state index contributed by atoms with van der Waals surface area (Å²) in [6.07, 6.45) is -7.15. The van der Waals surface area contributed by atoms with Crippen LogP contribution in [0.5, 0.6) is 0 Å². The van der Waals surface area contributed by atoms with Crippen molar-refractivity contribution in [1.29, 1.82) is 0 Å². The number of Topliss-reactive ketones (excluding diaryl/α,β-unsaturated/α-hetero) is 1. The van der Waals surface area contributed by atoms with Crippen LogP contribution in [-0.4, -0.2) is 110 Å². The molecule has 2 amide bonds. The van der Waals surface area contributed by atoms with Gasteiger partial charge in [-0.25, -0.2) is 19.3 Å². The van der Waals surface area contributed by atoms with E-state index < -0.39 is 84.6 Å². The Morgan fingerprint density at radius 2 is 1.70 bits per heavy atom. The van der Waals surface area contributed by atoms with Crippen molar-refractivity contribution in [3.05, 3.63) is 12.7 Å². The summed E-state index contributed by atoms with van der Waals surface area (Å²) in [5.74, 6) is -1.80. The molecule has 2 aromatic rings. The minimum atomic E-state index is -5.92. The van der Waals surface area contributed by atoms with E-state index in [9.17, 15) is 57.9 Å². The molecule has 28 heteroatoms. The Bertz CT molecular complexity index is 1740. The highest BCUT2D eigenvalue weighted by molar-refractivity contribution is 7.59. The van der Waals surface area contributed by atoms with Crippen molar-refractivity contribution in [3.8, 4) is 0 Å². The van der Waals surface area contributed by atoms with E-state index in [1.807, 2.05) is 0 Å². The lowest BCUT2D eigenvalue weighted by Crippen LogP contribution is -2.46. The fourth-order valence-electron chi connectivity index (χ4n) is 4.66. The predicted octanol–water partition coefficient (Wildman–Crippen LogP) is -4.39. The Kier molecular flexibility index (Phi) is 15.7. The zero-order valence-corrected chi connectivity index (χ0v) is 30.8. The summed E-state index contributed by atoms with van der Waals surface area (Å²) in [6.45, 7) is -0.281. The minimum Gasteiger partial charge on any atom is -0.790 e. The first-order valence-electron chi connectivity index (χ1n) is 15.5. The van der Waals surface area contributed by atoms with Crippen LogP contribution in [0, 0.1) is 5.41 Å². The number of imidazole rings is 1. The standard InChI is InChI=1S/C25H42N7O18P3/c1-25(2,20(37)23(38)28-8-6-16(35)27-7-5-14(34)4-3-9-33)11-47-53(44,45)50-52(42,43)46-10-15-19(49-51(39,40)41)18(36)24(48-15)32-13-31-17-21(26)29-12-30-22(17)32/h12-13,15,18-20,24,33,36-37H,3-11H2,1-2H3,(H,27,35)(H,28,38)(H,42,43)(H,44,45)(H2,26,29,30)(H2,39,40,41)/p-4. The third-order valence-corrected chi connectivity index (χ3v) is 10.4. The molecule has 53 heavy (non-hydrogen) atoms. The number of aromatic nitrogens is 4. The largest absolute Gasteiger partial charge is 0.790 e. The van der Waals surface area contributed by atoms with Gasteiger partial charge in [0.25, 0.3) is 15.6 Å². The smallest absolute Gasteiger partial charge is 0.274 e. The number of nitrogen functional groups attached to an aromatic ring is 1. The average molecular weight is 818 g/mol. The maximum Gasteiger partial charge on any atom is 0.274 e. The molecule has 0 radical (unpaired) electrons. The summed E-state index contributed by atoms with van der Waals surface area (Å²) in [6, 6.07) is 0. The van der Waals surface area contributed by atoms with Crippen LogP contribution in [0.15, 0.2) is 12.7 Å². The number of carbonyl (C=O) groups excluding carboxylic acids is 3. The number of aliphatic hydroxyl groups excluding tert-OH is 3. The molecule has 25 nitrogen and oxygen atoms in total. The Labute approximate surface area is 300 Å². The van der Waals surface area contributed by atoms with Crippen LogP contribution in [-0.2, 0) is 50.7 Å². The number of hydrogen-bond acceptors (Lipinski definition) is 22. The number of ketones is 1. The van der Waals surface area contributed by atoms with Crippen LogP contribution in [0.1, 0.15) is 45.8 Å². The highest BCUT2D eigenvalue weighted by Gasteiger charge is 2.47. The summed E-state index contributed by atoms with van der Waals surface area (Å²) >= 11 is 0. The second kappa shape index (κ2) is 18.7. The summed E-state index contributed by atoms with van der Waals surface area (Å²) in [4.78, 5) is 95.2. The number of hydrogen-bond donors (Lipinski definition) is 6. The lowest BCUT2D eigenvalue weighted by Gasteiger charge is -2.36. The lowest BCUT2D eigenvalue weighted by molar-refractivity contribution is -0.347. The number of aliphatic hydroxyl groups is 3. The van der Waals surface area contributed by atoms with Crippen LogP contribution in [0.25, 0.3) is 11.2 Å². The highest BCUT2D eigenvalue weighted by atomic mass is 31.3. The molecule has 7 unspecified atom stereocenters. The molecular formula is C25H38N7O18P3-4. The summed E-state index contributed by atoms with van der Waals surface area (Å²) < 4.78 is 60.3. The molecule has 7 N–H and O–H groups in total. The molecule has 1 aliphatic heterocycles. The molecule has 2 aromatic heterocycles. The van der Waals surface area contributed by atoms with Crippen molar-refractivity contribution in [2.24, 2.45) is 5.41 Å². The zero-order chi connectivity index (χ0) is 39.8. The van der Waals surface area contributed by atoms with E-state index in [1.54, 1.807) is 0 Å². The van der Waals surface area contributed by atoms with E-state index in [0.29, 0.717) is 6.42 Å². The fraction of sp³-hybridized carbons (Fsp3) is 0.680. The zero-order valence-electron chi connectivity index (χ0n) is 28.1. The number of phosphoric ester groups is 3. The molecule has 7 atom stereocenters. The summed E-state index contributed by atoms with van der Waals surface area (Å²) in [5.41, 5.74) is 4.04. The van der Waals surface area contributed by atoms with E-state index in [1.165, 1.54) is 13.8 Å². The van der Waals surface area contributed by atoms with Gasteiger partial charge >= 0.3 is 0 Å². The summed E-state index contributed by atoms with van der Waals surface area (Å²) in [7, 11) is -17.6. The van der Waals surface area contributed by atoms with Gasteiger partial charge < -0.3 is 74.1 Å². The van der Waals surface area contributed by atoms with Gasteiger partial charge in [-0.3, -0.25) is 28.1 Å². The van der Waals surface area contributed by atoms with Crippen molar-refractivity contribution in [2.75, 3.05) is 38.6 Å². The van der Waals surface area contributed by atoms with Gasteiger partial charge in [0.2, 0.25) is 11.8 Å². The van der Waals surface area contributed by atoms with Crippen LogP contribution >= 0.6 is 23.5 Å². The Hall–Kier alpha value is -2.83. The van der Waals surface area contributed by atoms with Crippen LogP contribution in [0.2, 0.25) is 0 Å². The van der Waals surface area contributed by atoms with Crippen LogP contribution < -0.4 is 35.9 Å². The Morgan fingerprint density at radius 3 is 2.36 bits per heavy atom. The van der Waals surface area contributed by atoms with Gasteiger partial charge in [-0.15, -0.1) is 0 Å². The number of phosphoric acid groups is 3. The average Bonchev–Trinajstić information content (AvgIpc) is 3.61. The first kappa shape index (κ1) is 44.6. The number of nitrogens with zero attached hydrogens (tertiary/aromatic N) is 4. The molecule has 3 rings (SSSR count). The van der Waals surface area contributed by atoms with Crippen molar-refractivity contribution < 1.29 is 85.6 Å². The van der Waals surface area contributed by atoms with Crippen molar-refractivity contribution in [3.63, 3.8) is 0 Å². The van der Waals surface area contributed by atoms with Crippen molar-refractivity contribution in [1.82, 2.24) is 30.2 Å². The first-order chi connectivity index (χ1) is 24.6. The van der Waals surface area contributed by atoms with Gasteiger partial charge in [0.15, 0.2) is 17.7 Å². The van der Waals surface area contributed by atoms with Gasteiger partial charge in [-0.05, 0) is 6.42 Å². The first-order valence-corrected chi connectivity index (χ1v) is 19.9. The monoisotopic (exact) mass is 817 g/mol. The molecule has 0 aromatic carbocycles. The van der Waals surface area contributed by atoms with Crippen LogP contribution in [0.4, 0.5) is 5.82 Å². The number of nitrogens with one attached hydrogen (secondary N) is 2. The quantitative estimate of drug-likeness (QED) is 0.0611. The molecule has 1 aliphatic rings. The molecule has 3 heterocycles. The normalized spacial score (nSPS) is 22.2. The molecule has 1 fully saturated rings. The number of ether oxygens (including phenoxy) is 1. The predicted molar refractivity (Wildman–Crippen MR) is 167 cm³/mol. The minimum absolute atomic E-state index is 0.0259. The van der Waals surface area contributed by atoms with Crippen molar-refractivity contribution >= 4 is 58.0 Å². The Balaban J connectivity index is 1.52.